The number of methoxy groups -OCH3 is 1. The van der Waals surface area contributed by atoms with Gasteiger partial charge in [0.25, 0.3) is 0 Å². The number of rotatable bonds is 6. The van der Waals surface area contributed by atoms with Gasteiger partial charge in [-0.15, -0.1) is 0 Å². The second-order valence-electron chi connectivity index (χ2n) is 6.71. The van der Waals surface area contributed by atoms with Crippen LogP contribution in [0.25, 0.3) is 6.08 Å². The van der Waals surface area contributed by atoms with Crippen molar-refractivity contribution in [3.8, 4) is 5.75 Å². The van der Waals surface area contributed by atoms with E-state index in [-0.39, 0.29) is 16.6 Å². The molecule has 7 nitrogen and oxygen atoms in total. The first-order valence-corrected chi connectivity index (χ1v) is 11.6. The maximum Gasteiger partial charge on any atom is 0.248 e. The number of nitrogens with zero attached hydrogens (tertiary/aromatic N) is 1. The Morgan fingerprint density at radius 3 is 2.60 bits per heavy atom. The van der Waals surface area contributed by atoms with Gasteiger partial charge in [0, 0.05) is 29.3 Å². The number of amides is 1. The molecule has 1 aliphatic heterocycles. The van der Waals surface area contributed by atoms with Crippen LogP contribution in [0.4, 0.5) is 5.69 Å². The number of hydrogen-bond acceptors (Lipinski definition) is 5. The summed E-state index contributed by atoms with van der Waals surface area (Å²) in [5.41, 5.74) is 2.25. The molecule has 1 amide bonds. The highest BCUT2D eigenvalue weighted by Crippen LogP contribution is 2.29. The summed E-state index contributed by atoms with van der Waals surface area (Å²) in [6, 6.07) is 10.3. The number of anilines is 1. The number of ether oxygens (including phenoxy) is 2. The van der Waals surface area contributed by atoms with Crippen LogP contribution in [0.3, 0.4) is 0 Å². The monoisotopic (exact) mass is 494 g/mol. The predicted molar refractivity (Wildman–Crippen MR) is 119 cm³/mol. The van der Waals surface area contributed by atoms with E-state index in [2.05, 4.69) is 21.2 Å². The van der Waals surface area contributed by atoms with Gasteiger partial charge in [-0.05, 0) is 54.5 Å². The van der Waals surface area contributed by atoms with E-state index >= 15 is 0 Å². The molecule has 0 radical (unpaired) electrons. The summed E-state index contributed by atoms with van der Waals surface area (Å²) in [6.45, 7) is 3.23. The van der Waals surface area contributed by atoms with E-state index < -0.39 is 10.0 Å². The SMILES string of the molecule is COc1ccc(/C=C/C(=O)Nc2ccc(Br)c(C)c2)cc1S(=O)(=O)N1CCOCC1. The summed E-state index contributed by atoms with van der Waals surface area (Å²) in [4.78, 5) is 12.3. The first kappa shape index (κ1) is 22.5. The number of carbonyl (C=O) groups is 1. The molecule has 0 bridgehead atoms. The molecular formula is C21H23BrN2O5S. The largest absolute Gasteiger partial charge is 0.495 e. The zero-order chi connectivity index (χ0) is 21.7. The van der Waals surface area contributed by atoms with Crippen molar-refractivity contribution >= 4 is 43.6 Å². The standard InChI is InChI=1S/C21H23BrN2O5S/c1-15-13-17(5-6-18(15)22)23-21(25)8-4-16-3-7-19(28-2)20(14-16)30(26,27)24-9-11-29-12-10-24/h3-8,13-14H,9-12H2,1-2H3,(H,23,25)/b8-4+. The van der Waals surface area contributed by atoms with Crippen LogP contribution < -0.4 is 10.1 Å². The van der Waals surface area contributed by atoms with E-state index in [0.717, 1.165) is 10.0 Å². The second-order valence-corrected chi connectivity index (χ2v) is 9.47. The lowest BCUT2D eigenvalue weighted by atomic mass is 10.2. The van der Waals surface area contributed by atoms with Gasteiger partial charge in [-0.25, -0.2) is 8.42 Å². The fraction of sp³-hybridized carbons (Fsp3) is 0.286. The molecule has 0 atom stereocenters. The number of aryl methyl sites for hydroxylation is 1. The van der Waals surface area contributed by atoms with Crippen LogP contribution in [0.2, 0.25) is 0 Å². The number of morpholine rings is 1. The average molecular weight is 495 g/mol. The zero-order valence-corrected chi connectivity index (χ0v) is 19.1. The van der Waals surface area contributed by atoms with Gasteiger partial charge in [0.2, 0.25) is 15.9 Å². The fourth-order valence-corrected chi connectivity index (χ4v) is 4.85. The summed E-state index contributed by atoms with van der Waals surface area (Å²) < 4.78 is 38.9. The highest BCUT2D eigenvalue weighted by molar-refractivity contribution is 9.10. The van der Waals surface area contributed by atoms with Crippen LogP contribution in [-0.2, 0) is 19.6 Å². The van der Waals surface area contributed by atoms with Crippen LogP contribution in [-0.4, -0.2) is 52.0 Å². The maximum atomic E-state index is 13.0. The van der Waals surface area contributed by atoms with E-state index in [1.54, 1.807) is 24.3 Å². The zero-order valence-electron chi connectivity index (χ0n) is 16.7. The molecule has 0 saturated carbocycles. The summed E-state index contributed by atoms with van der Waals surface area (Å²) in [7, 11) is -2.31. The van der Waals surface area contributed by atoms with Gasteiger partial charge < -0.3 is 14.8 Å². The van der Waals surface area contributed by atoms with Crippen molar-refractivity contribution in [3.63, 3.8) is 0 Å². The van der Waals surface area contributed by atoms with Crippen molar-refractivity contribution < 1.29 is 22.7 Å². The van der Waals surface area contributed by atoms with Gasteiger partial charge in [-0.3, -0.25) is 4.79 Å². The van der Waals surface area contributed by atoms with Crippen molar-refractivity contribution in [1.82, 2.24) is 4.31 Å². The second kappa shape index (κ2) is 9.74. The third kappa shape index (κ3) is 5.28. The maximum absolute atomic E-state index is 13.0. The highest BCUT2D eigenvalue weighted by atomic mass is 79.9. The topological polar surface area (TPSA) is 84.9 Å². The number of halogens is 1. The number of carbonyl (C=O) groups excluding carboxylic acids is 1. The van der Waals surface area contributed by atoms with Crippen molar-refractivity contribution in [3.05, 3.63) is 58.1 Å². The lowest BCUT2D eigenvalue weighted by Gasteiger charge is -2.26. The Hall–Kier alpha value is -2.20. The van der Waals surface area contributed by atoms with E-state index in [4.69, 9.17) is 9.47 Å². The van der Waals surface area contributed by atoms with Gasteiger partial charge in [0.15, 0.2) is 0 Å². The van der Waals surface area contributed by atoms with Crippen LogP contribution in [0.15, 0.2) is 51.8 Å². The molecule has 30 heavy (non-hydrogen) atoms. The molecule has 1 saturated heterocycles. The van der Waals surface area contributed by atoms with E-state index in [9.17, 15) is 13.2 Å². The minimum atomic E-state index is -3.73. The predicted octanol–water partition coefficient (Wildman–Crippen LogP) is 3.44. The summed E-state index contributed by atoms with van der Waals surface area (Å²) in [5, 5.41) is 2.79. The summed E-state index contributed by atoms with van der Waals surface area (Å²) in [5.74, 6) is -0.0569. The minimum absolute atomic E-state index is 0.0676. The number of nitrogens with one attached hydrogen (secondary N) is 1. The van der Waals surface area contributed by atoms with Crippen molar-refractivity contribution in [1.29, 1.82) is 0 Å². The molecule has 1 heterocycles. The Labute approximate surface area is 184 Å². The Morgan fingerprint density at radius 1 is 1.20 bits per heavy atom. The molecule has 2 aromatic rings. The lowest BCUT2D eigenvalue weighted by Crippen LogP contribution is -2.40. The number of hydrogen-bond donors (Lipinski definition) is 1. The molecule has 9 heteroatoms. The van der Waals surface area contributed by atoms with Gasteiger partial charge in [-0.1, -0.05) is 22.0 Å². The van der Waals surface area contributed by atoms with Gasteiger partial charge in [-0.2, -0.15) is 4.31 Å². The molecule has 0 unspecified atom stereocenters. The van der Waals surface area contributed by atoms with E-state index in [1.165, 1.54) is 23.6 Å². The Kier molecular flexibility index (Phi) is 7.30. The first-order chi connectivity index (χ1) is 14.3. The van der Waals surface area contributed by atoms with Crippen molar-refractivity contribution in [2.75, 3.05) is 38.7 Å². The molecule has 0 spiro atoms. The van der Waals surface area contributed by atoms with Crippen LogP contribution >= 0.6 is 15.9 Å². The lowest BCUT2D eigenvalue weighted by molar-refractivity contribution is -0.111. The molecule has 1 aliphatic rings. The molecule has 1 N–H and O–H groups in total. The molecule has 1 fully saturated rings. The third-order valence-corrected chi connectivity index (χ3v) is 7.44. The Bertz CT molecular complexity index is 1060. The number of benzene rings is 2. The smallest absolute Gasteiger partial charge is 0.248 e. The first-order valence-electron chi connectivity index (χ1n) is 9.32. The van der Waals surface area contributed by atoms with Crippen LogP contribution in [0, 0.1) is 6.92 Å². The summed E-state index contributed by atoms with van der Waals surface area (Å²) in [6.07, 6.45) is 2.93. The van der Waals surface area contributed by atoms with Crippen molar-refractivity contribution in [2.45, 2.75) is 11.8 Å². The van der Waals surface area contributed by atoms with E-state index in [0.29, 0.717) is 37.6 Å². The summed E-state index contributed by atoms with van der Waals surface area (Å²) >= 11 is 3.42. The molecular weight excluding hydrogens is 472 g/mol. The van der Waals surface area contributed by atoms with Crippen molar-refractivity contribution in [2.24, 2.45) is 0 Å². The van der Waals surface area contributed by atoms with Gasteiger partial charge in [0.1, 0.15) is 10.6 Å². The minimum Gasteiger partial charge on any atom is -0.495 e. The number of sulfonamides is 1. The Balaban J connectivity index is 1.80. The molecule has 160 valence electrons. The molecule has 0 aromatic heterocycles. The Morgan fingerprint density at radius 2 is 1.93 bits per heavy atom. The van der Waals surface area contributed by atoms with Gasteiger partial charge in [0.05, 0.1) is 20.3 Å². The third-order valence-electron chi connectivity index (χ3n) is 4.63. The van der Waals surface area contributed by atoms with E-state index in [1.807, 2.05) is 19.1 Å². The molecule has 0 aliphatic carbocycles. The van der Waals surface area contributed by atoms with Crippen LogP contribution in [0.1, 0.15) is 11.1 Å². The van der Waals surface area contributed by atoms with Gasteiger partial charge >= 0.3 is 0 Å². The quantitative estimate of drug-likeness (QED) is 0.621. The molecule has 3 rings (SSSR count). The molecule has 2 aromatic carbocycles. The average Bonchev–Trinajstić information content (AvgIpc) is 2.75. The fourth-order valence-electron chi connectivity index (χ4n) is 3.00. The normalized spacial score (nSPS) is 15.3. The van der Waals surface area contributed by atoms with Crippen LogP contribution in [0.5, 0.6) is 5.75 Å². The highest BCUT2D eigenvalue weighted by Gasteiger charge is 2.29.